The molecule has 2 aromatic heterocycles. The number of fused-ring (bicyclic) bond motifs is 2. The van der Waals surface area contributed by atoms with Crippen LogP contribution in [0.4, 0.5) is 0 Å². The van der Waals surface area contributed by atoms with Crippen molar-refractivity contribution in [2.75, 3.05) is 0 Å². The minimum absolute atomic E-state index is 0.146. The van der Waals surface area contributed by atoms with Crippen molar-refractivity contribution >= 4 is 29.5 Å². The van der Waals surface area contributed by atoms with E-state index in [1.54, 1.807) is 12.4 Å². The molecule has 0 atom stereocenters. The second kappa shape index (κ2) is 4.86. The predicted octanol–water partition coefficient (Wildman–Crippen LogP) is 2.16. The lowest BCUT2D eigenvalue weighted by molar-refractivity contribution is 0.460. The van der Waals surface area contributed by atoms with Gasteiger partial charge in [-0.25, -0.2) is 0 Å². The molecular weight excluding hydrogens is 267 g/mol. The van der Waals surface area contributed by atoms with Crippen LogP contribution < -0.4 is 9.31 Å². The first-order chi connectivity index (χ1) is 10.4. The van der Waals surface area contributed by atoms with Gasteiger partial charge in [0, 0.05) is 10.8 Å². The molecule has 7 heteroatoms. The first kappa shape index (κ1) is 11.8. The zero-order chi connectivity index (χ0) is 14.1. The summed E-state index contributed by atoms with van der Waals surface area (Å²) in [4.78, 5) is 0. The Balaban J connectivity index is 1.44. The zero-order valence-electron chi connectivity index (χ0n) is 11.0. The second-order valence-corrected chi connectivity index (χ2v) is 4.64. The largest absolute Gasteiger partial charge is 0.576 e. The van der Waals surface area contributed by atoms with Crippen LogP contribution in [-0.4, -0.2) is 28.1 Å². The Kier molecular flexibility index (Phi) is 2.74. The third-order valence-corrected chi connectivity index (χ3v) is 3.27. The first-order valence-electron chi connectivity index (χ1n) is 6.50. The van der Waals surface area contributed by atoms with Crippen molar-refractivity contribution in [2.45, 2.75) is 0 Å². The van der Waals surface area contributed by atoms with Crippen molar-refractivity contribution in [3.05, 3.63) is 48.8 Å². The topological polar surface area (TPSA) is 75.8 Å². The summed E-state index contributed by atoms with van der Waals surface area (Å²) in [6, 6.07) is 11.4. The molecule has 2 aromatic carbocycles. The molecule has 0 amide bonds. The molecule has 0 fully saturated rings. The number of hydrogen-bond donors (Lipinski definition) is 2. The summed E-state index contributed by atoms with van der Waals surface area (Å²) in [5.74, 6) is 1.49. The minimum Gasteiger partial charge on any atom is -0.529 e. The van der Waals surface area contributed by atoms with E-state index in [0.29, 0.717) is 0 Å². The fourth-order valence-electron chi connectivity index (χ4n) is 2.19. The summed E-state index contributed by atoms with van der Waals surface area (Å²) >= 11 is 0. The molecule has 0 aliphatic heterocycles. The molecule has 6 nitrogen and oxygen atoms in total. The van der Waals surface area contributed by atoms with Crippen LogP contribution >= 0.6 is 0 Å². The maximum absolute atomic E-state index is 5.59. The van der Waals surface area contributed by atoms with Crippen molar-refractivity contribution < 1.29 is 9.31 Å². The molecule has 0 aliphatic rings. The van der Waals surface area contributed by atoms with Crippen LogP contribution in [0.3, 0.4) is 0 Å². The third-order valence-electron chi connectivity index (χ3n) is 3.27. The molecule has 2 N–H and O–H groups in total. The van der Waals surface area contributed by atoms with Gasteiger partial charge in [0.15, 0.2) is 0 Å². The Morgan fingerprint density at radius 1 is 0.762 bits per heavy atom. The Morgan fingerprint density at radius 2 is 1.29 bits per heavy atom. The molecular formula is C14H11BN4O2. The van der Waals surface area contributed by atoms with E-state index in [9.17, 15) is 0 Å². The third kappa shape index (κ3) is 2.29. The van der Waals surface area contributed by atoms with E-state index in [4.69, 9.17) is 9.31 Å². The maximum Gasteiger partial charge on any atom is 0.576 e. The van der Waals surface area contributed by atoms with Crippen molar-refractivity contribution in [3.63, 3.8) is 0 Å². The van der Waals surface area contributed by atoms with Crippen molar-refractivity contribution in [1.29, 1.82) is 0 Å². The highest BCUT2D eigenvalue weighted by Gasteiger charge is 2.03. The number of benzene rings is 2. The fraction of sp³-hybridized carbons (Fsp3) is 0. The van der Waals surface area contributed by atoms with Crippen LogP contribution in [0.25, 0.3) is 21.8 Å². The first-order valence-corrected chi connectivity index (χ1v) is 6.50. The van der Waals surface area contributed by atoms with Gasteiger partial charge in [-0.3, -0.25) is 10.2 Å². The van der Waals surface area contributed by atoms with Gasteiger partial charge in [-0.15, -0.1) is 0 Å². The number of nitrogens with zero attached hydrogens (tertiary/aromatic N) is 2. The SMILES string of the molecule is B(Oc1ccc2[nH]ncc2c1)Oc1ccc2[nH]ncc2c1. The summed E-state index contributed by atoms with van der Waals surface area (Å²) in [6.07, 6.45) is 3.52. The van der Waals surface area contributed by atoms with Crippen LogP contribution in [0.15, 0.2) is 48.8 Å². The Hall–Kier alpha value is -2.96. The molecule has 0 radical (unpaired) electrons. The van der Waals surface area contributed by atoms with E-state index >= 15 is 0 Å². The molecule has 0 spiro atoms. The number of rotatable bonds is 4. The Labute approximate surface area is 120 Å². The van der Waals surface area contributed by atoms with Gasteiger partial charge in [0.05, 0.1) is 23.4 Å². The van der Waals surface area contributed by atoms with Gasteiger partial charge in [0.1, 0.15) is 11.5 Å². The molecule has 21 heavy (non-hydrogen) atoms. The highest BCUT2D eigenvalue weighted by atomic mass is 16.6. The van der Waals surface area contributed by atoms with Gasteiger partial charge >= 0.3 is 7.69 Å². The molecule has 4 rings (SSSR count). The molecule has 0 bridgehead atoms. The molecule has 0 unspecified atom stereocenters. The fourth-order valence-corrected chi connectivity index (χ4v) is 2.19. The van der Waals surface area contributed by atoms with E-state index in [1.807, 2.05) is 36.4 Å². The standard InChI is InChI=1S/C14H11BN4O2/c1-3-13-9(7-16-18-13)5-11(1)20-15-21-12-2-4-14-10(6-12)8-17-19-14/h1-8,15H,(H,16,18)(H,17,19). The highest BCUT2D eigenvalue weighted by molar-refractivity contribution is 6.20. The number of nitrogens with one attached hydrogen (secondary N) is 2. The lowest BCUT2D eigenvalue weighted by Crippen LogP contribution is -2.10. The van der Waals surface area contributed by atoms with Crippen LogP contribution in [-0.2, 0) is 0 Å². The van der Waals surface area contributed by atoms with Crippen molar-refractivity contribution in [1.82, 2.24) is 20.4 Å². The minimum atomic E-state index is 0.146. The van der Waals surface area contributed by atoms with Crippen LogP contribution in [0.2, 0.25) is 0 Å². The smallest absolute Gasteiger partial charge is 0.529 e. The second-order valence-electron chi connectivity index (χ2n) is 4.64. The van der Waals surface area contributed by atoms with E-state index in [2.05, 4.69) is 20.4 Å². The van der Waals surface area contributed by atoms with Crippen LogP contribution in [0, 0.1) is 0 Å². The quantitative estimate of drug-likeness (QED) is 0.561. The summed E-state index contributed by atoms with van der Waals surface area (Å²) in [7, 11) is 0.146. The lowest BCUT2D eigenvalue weighted by atomic mass is 10.2. The Bertz CT molecular complexity index is 828. The van der Waals surface area contributed by atoms with Gasteiger partial charge in [-0.2, -0.15) is 10.2 Å². The highest BCUT2D eigenvalue weighted by Crippen LogP contribution is 2.20. The normalized spacial score (nSPS) is 10.9. The van der Waals surface area contributed by atoms with Gasteiger partial charge in [-0.05, 0) is 36.4 Å². The molecule has 0 aliphatic carbocycles. The van der Waals surface area contributed by atoms with Crippen molar-refractivity contribution in [3.8, 4) is 11.5 Å². The monoisotopic (exact) mass is 278 g/mol. The number of aromatic nitrogens is 4. The van der Waals surface area contributed by atoms with Gasteiger partial charge in [-0.1, -0.05) is 0 Å². The van der Waals surface area contributed by atoms with Crippen molar-refractivity contribution in [2.24, 2.45) is 0 Å². The van der Waals surface area contributed by atoms with E-state index < -0.39 is 0 Å². The summed E-state index contributed by atoms with van der Waals surface area (Å²) < 4.78 is 11.2. The lowest BCUT2D eigenvalue weighted by Gasteiger charge is -2.07. The average molecular weight is 278 g/mol. The maximum atomic E-state index is 5.59. The summed E-state index contributed by atoms with van der Waals surface area (Å²) in [5, 5.41) is 15.8. The van der Waals surface area contributed by atoms with E-state index in [0.717, 1.165) is 33.3 Å². The number of H-pyrrole nitrogens is 2. The number of hydrogen-bond acceptors (Lipinski definition) is 4. The Morgan fingerprint density at radius 3 is 1.81 bits per heavy atom. The van der Waals surface area contributed by atoms with Gasteiger partial charge in [0.25, 0.3) is 0 Å². The van der Waals surface area contributed by atoms with E-state index in [1.165, 1.54) is 0 Å². The van der Waals surface area contributed by atoms with Gasteiger partial charge < -0.3 is 9.31 Å². The predicted molar refractivity (Wildman–Crippen MR) is 80.6 cm³/mol. The molecule has 4 aromatic rings. The zero-order valence-corrected chi connectivity index (χ0v) is 11.0. The van der Waals surface area contributed by atoms with Gasteiger partial charge in [0.2, 0.25) is 0 Å². The number of aromatic amines is 2. The summed E-state index contributed by atoms with van der Waals surface area (Å²) in [6.45, 7) is 0. The molecule has 2 heterocycles. The van der Waals surface area contributed by atoms with E-state index in [-0.39, 0.29) is 7.69 Å². The molecule has 0 saturated heterocycles. The van der Waals surface area contributed by atoms with Crippen LogP contribution in [0.1, 0.15) is 0 Å². The van der Waals surface area contributed by atoms with Crippen LogP contribution in [0.5, 0.6) is 11.5 Å². The summed E-state index contributed by atoms with van der Waals surface area (Å²) in [5.41, 5.74) is 1.96. The molecule has 0 saturated carbocycles. The average Bonchev–Trinajstić information content (AvgIpc) is 3.14. The molecule has 102 valence electrons.